The van der Waals surface area contributed by atoms with Crippen LogP contribution < -0.4 is 10.9 Å². The number of carbonyl (C=O) groups excluding carboxylic acids is 1. The highest BCUT2D eigenvalue weighted by Crippen LogP contribution is 2.27. The number of nitrogens with one attached hydrogen (secondary N) is 2. The molecular weight excluding hydrogens is 364 g/mol. The maximum absolute atomic E-state index is 12.7. The molecule has 3 aromatic heterocycles. The van der Waals surface area contributed by atoms with Crippen molar-refractivity contribution in [1.29, 1.82) is 0 Å². The first-order valence-corrected chi connectivity index (χ1v) is 9.01. The van der Waals surface area contributed by atoms with Gasteiger partial charge in [-0.05, 0) is 43.7 Å². The van der Waals surface area contributed by atoms with E-state index in [1.54, 1.807) is 26.1 Å². The quantitative estimate of drug-likeness (QED) is 0.568. The van der Waals surface area contributed by atoms with Crippen molar-refractivity contribution in [3.63, 3.8) is 0 Å². The van der Waals surface area contributed by atoms with E-state index in [1.807, 2.05) is 19.1 Å². The number of benzene rings is 1. The normalized spacial score (nSPS) is 11.1. The second-order valence-electron chi connectivity index (χ2n) is 6.17. The van der Waals surface area contributed by atoms with Gasteiger partial charge in [0.2, 0.25) is 0 Å². The summed E-state index contributed by atoms with van der Waals surface area (Å²) in [7, 11) is 1.64. The monoisotopic (exact) mass is 380 g/mol. The van der Waals surface area contributed by atoms with Crippen LogP contribution in [-0.2, 0) is 7.05 Å². The van der Waals surface area contributed by atoms with Crippen molar-refractivity contribution in [1.82, 2.24) is 24.7 Å². The maximum atomic E-state index is 12.7. The molecule has 1 amide bonds. The van der Waals surface area contributed by atoms with Gasteiger partial charge in [-0.2, -0.15) is 5.10 Å². The van der Waals surface area contributed by atoms with E-state index < -0.39 is 0 Å². The average Bonchev–Trinajstić information content (AvgIpc) is 3.23. The number of rotatable bonds is 3. The Hall–Kier alpha value is -3.33. The molecule has 27 heavy (non-hydrogen) atoms. The van der Waals surface area contributed by atoms with Gasteiger partial charge in [0.05, 0.1) is 16.6 Å². The van der Waals surface area contributed by atoms with Crippen LogP contribution in [0.2, 0.25) is 0 Å². The molecule has 3 heterocycles. The first kappa shape index (κ1) is 17.1. The van der Waals surface area contributed by atoms with Gasteiger partial charge in [-0.15, -0.1) is 11.3 Å². The molecule has 8 nitrogen and oxygen atoms in total. The van der Waals surface area contributed by atoms with Crippen molar-refractivity contribution in [3.05, 3.63) is 57.2 Å². The fourth-order valence-corrected chi connectivity index (χ4v) is 3.82. The molecule has 0 atom stereocenters. The summed E-state index contributed by atoms with van der Waals surface area (Å²) < 4.78 is 1.41. The van der Waals surface area contributed by atoms with Gasteiger partial charge in [0.1, 0.15) is 10.7 Å². The number of aromatic amines is 1. The highest BCUT2D eigenvalue weighted by Gasteiger charge is 2.19. The van der Waals surface area contributed by atoms with Crippen LogP contribution in [-0.4, -0.2) is 30.6 Å². The number of amides is 1. The minimum absolute atomic E-state index is 0.154. The number of hydrogen-bond acceptors (Lipinski definition) is 6. The molecular formula is C18H16N6O2S. The molecule has 0 bridgehead atoms. The first-order valence-electron chi connectivity index (χ1n) is 8.19. The predicted molar refractivity (Wildman–Crippen MR) is 104 cm³/mol. The summed E-state index contributed by atoms with van der Waals surface area (Å²) in [5.41, 5.74) is 1.99. The van der Waals surface area contributed by atoms with Gasteiger partial charge in [-0.1, -0.05) is 0 Å². The van der Waals surface area contributed by atoms with E-state index in [-0.39, 0.29) is 11.5 Å². The largest absolute Gasteiger partial charge is 0.321 e. The number of aryl methyl sites for hydroxylation is 3. The van der Waals surface area contributed by atoms with Gasteiger partial charge in [0, 0.05) is 18.3 Å². The summed E-state index contributed by atoms with van der Waals surface area (Å²) in [6.07, 6.45) is 1.46. The molecule has 136 valence electrons. The Kier molecular flexibility index (Phi) is 4.08. The van der Waals surface area contributed by atoms with Crippen molar-refractivity contribution in [3.8, 4) is 11.4 Å². The smallest absolute Gasteiger partial charge is 0.266 e. The second kappa shape index (κ2) is 6.44. The third kappa shape index (κ3) is 3.02. The predicted octanol–water partition coefficient (Wildman–Crippen LogP) is 2.65. The minimum atomic E-state index is -0.265. The number of anilines is 1. The Morgan fingerprint density at radius 1 is 1.22 bits per heavy atom. The van der Waals surface area contributed by atoms with E-state index in [4.69, 9.17) is 0 Å². The molecule has 0 saturated heterocycles. The van der Waals surface area contributed by atoms with Crippen molar-refractivity contribution < 1.29 is 4.79 Å². The van der Waals surface area contributed by atoms with Gasteiger partial charge < -0.3 is 9.88 Å². The molecule has 0 radical (unpaired) electrons. The number of H-pyrrole nitrogens is 1. The molecule has 0 aliphatic heterocycles. The molecule has 0 unspecified atom stereocenters. The van der Waals surface area contributed by atoms with Crippen molar-refractivity contribution >= 4 is 33.1 Å². The summed E-state index contributed by atoms with van der Waals surface area (Å²) in [5.74, 6) is 1.08. The lowest BCUT2D eigenvalue weighted by molar-refractivity contribution is 0.103. The van der Waals surface area contributed by atoms with Gasteiger partial charge in [0.25, 0.3) is 11.5 Å². The highest BCUT2D eigenvalue weighted by atomic mass is 32.1. The van der Waals surface area contributed by atoms with Crippen LogP contribution in [0.5, 0.6) is 0 Å². The Balaban J connectivity index is 1.61. The van der Waals surface area contributed by atoms with Gasteiger partial charge in [0.15, 0.2) is 5.82 Å². The van der Waals surface area contributed by atoms with E-state index in [9.17, 15) is 9.59 Å². The Morgan fingerprint density at radius 3 is 2.63 bits per heavy atom. The maximum Gasteiger partial charge on any atom is 0.266 e. The third-order valence-corrected chi connectivity index (χ3v) is 5.41. The summed E-state index contributed by atoms with van der Waals surface area (Å²) in [4.78, 5) is 34.6. The van der Waals surface area contributed by atoms with Crippen LogP contribution in [0.1, 0.15) is 21.1 Å². The topological polar surface area (TPSA) is 106 Å². The molecule has 4 rings (SSSR count). The lowest BCUT2D eigenvalue weighted by Gasteiger charge is -2.05. The average molecular weight is 380 g/mol. The molecule has 0 saturated carbocycles. The number of hydrogen-bond donors (Lipinski definition) is 2. The van der Waals surface area contributed by atoms with Gasteiger partial charge >= 0.3 is 0 Å². The van der Waals surface area contributed by atoms with Gasteiger partial charge in [-0.3, -0.25) is 14.7 Å². The zero-order chi connectivity index (χ0) is 19.1. The van der Waals surface area contributed by atoms with E-state index in [0.717, 1.165) is 11.4 Å². The molecule has 0 aliphatic carbocycles. The lowest BCUT2D eigenvalue weighted by atomic mass is 10.2. The van der Waals surface area contributed by atoms with Crippen LogP contribution in [0.3, 0.4) is 0 Å². The van der Waals surface area contributed by atoms with E-state index in [0.29, 0.717) is 32.2 Å². The highest BCUT2D eigenvalue weighted by molar-refractivity contribution is 7.20. The van der Waals surface area contributed by atoms with Crippen molar-refractivity contribution in [2.45, 2.75) is 13.8 Å². The van der Waals surface area contributed by atoms with E-state index in [2.05, 4.69) is 25.5 Å². The van der Waals surface area contributed by atoms with Crippen molar-refractivity contribution in [2.24, 2.45) is 7.05 Å². The molecule has 0 fully saturated rings. The SMILES string of the molecule is Cc1nc(-c2ccc(NC(=O)c3sc4ncn(C)c(=O)c4c3C)cc2)n[nH]1. The van der Waals surface area contributed by atoms with Crippen LogP contribution in [0.15, 0.2) is 35.4 Å². The molecule has 0 aliphatic rings. The number of carbonyl (C=O) groups is 1. The molecule has 0 spiro atoms. The molecule has 9 heteroatoms. The number of aromatic nitrogens is 5. The summed E-state index contributed by atoms with van der Waals surface area (Å²) in [5, 5.41) is 10.3. The van der Waals surface area contributed by atoms with Crippen LogP contribution in [0, 0.1) is 13.8 Å². The minimum Gasteiger partial charge on any atom is -0.321 e. The molecule has 2 N–H and O–H groups in total. The Morgan fingerprint density at radius 2 is 1.96 bits per heavy atom. The fourth-order valence-electron chi connectivity index (χ4n) is 2.79. The summed E-state index contributed by atoms with van der Waals surface area (Å²) in [6.45, 7) is 3.60. The summed E-state index contributed by atoms with van der Waals surface area (Å²) in [6, 6.07) is 7.26. The zero-order valence-electron chi connectivity index (χ0n) is 14.9. The summed E-state index contributed by atoms with van der Waals surface area (Å²) >= 11 is 1.22. The zero-order valence-corrected chi connectivity index (χ0v) is 15.7. The Labute approximate surface area is 157 Å². The Bertz CT molecular complexity index is 1220. The van der Waals surface area contributed by atoms with Crippen LogP contribution in [0.25, 0.3) is 21.6 Å². The lowest BCUT2D eigenvalue weighted by Crippen LogP contribution is -2.17. The fraction of sp³-hybridized carbons (Fsp3) is 0.167. The number of fused-ring (bicyclic) bond motifs is 1. The first-order chi connectivity index (χ1) is 12.9. The van der Waals surface area contributed by atoms with E-state index >= 15 is 0 Å². The van der Waals surface area contributed by atoms with E-state index in [1.165, 1.54) is 22.2 Å². The second-order valence-corrected chi connectivity index (χ2v) is 7.17. The number of nitrogens with zero attached hydrogens (tertiary/aromatic N) is 4. The molecule has 1 aromatic carbocycles. The standard InChI is InChI=1S/C18H16N6O2S/c1-9-13-17(19-8-24(3)18(13)26)27-14(9)16(25)21-12-6-4-11(5-7-12)15-20-10(2)22-23-15/h4-8H,1-3H3,(H,21,25)(H,20,22,23). The van der Waals surface area contributed by atoms with Crippen LogP contribution in [0.4, 0.5) is 5.69 Å². The molecule has 4 aromatic rings. The van der Waals surface area contributed by atoms with Crippen LogP contribution >= 0.6 is 11.3 Å². The van der Waals surface area contributed by atoms with Gasteiger partial charge in [-0.25, -0.2) is 9.97 Å². The third-order valence-electron chi connectivity index (χ3n) is 4.22. The number of thiophene rings is 1. The van der Waals surface area contributed by atoms with Crippen molar-refractivity contribution in [2.75, 3.05) is 5.32 Å².